The van der Waals surface area contributed by atoms with Crippen LogP contribution in [0.1, 0.15) is 176 Å². The molecule has 0 amide bonds. The van der Waals surface area contributed by atoms with Gasteiger partial charge in [-0.05, 0) is 301 Å². The lowest BCUT2D eigenvalue weighted by molar-refractivity contribution is 0.568. The number of hydrogen-bond donors (Lipinski definition) is 0. The second-order valence-electron chi connectivity index (χ2n) is 46.1. The lowest BCUT2D eigenvalue weighted by Gasteiger charge is -2.48. The van der Waals surface area contributed by atoms with Gasteiger partial charge in [0.25, 0.3) is 13.4 Å². The van der Waals surface area contributed by atoms with Crippen LogP contribution in [0.25, 0.3) is 89.0 Å². The molecule has 0 bridgehead atoms. The molecule has 0 radical (unpaired) electrons. The van der Waals surface area contributed by atoms with E-state index in [-0.39, 0.29) is 40.5 Å². The molecule has 2 spiro atoms. The van der Waals surface area contributed by atoms with Gasteiger partial charge in [0, 0.05) is 68.0 Å². The van der Waals surface area contributed by atoms with Crippen LogP contribution in [-0.4, -0.2) is 13.4 Å². The van der Waals surface area contributed by atoms with E-state index in [2.05, 4.69) is 530 Å². The fourth-order valence-electron chi connectivity index (χ4n) is 26.4. The minimum Gasteiger partial charge on any atom is -0.311 e. The summed E-state index contributed by atoms with van der Waals surface area (Å²) in [5.41, 5.74) is 55.1. The van der Waals surface area contributed by atoms with Crippen LogP contribution in [-0.2, 0) is 37.9 Å². The van der Waals surface area contributed by atoms with Crippen LogP contribution in [0.5, 0.6) is 0 Å². The van der Waals surface area contributed by atoms with E-state index < -0.39 is 10.8 Å². The van der Waals surface area contributed by atoms with Crippen molar-refractivity contribution in [2.24, 2.45) is 0 Å². The molecule has 4 aliphatic heterocycles. The molecular weight excluding hydrogens is 1710 g/mol. The van der Waals surface area contributed by atoms with Crippen LogP contribution >= 0.6 is 0 Å². The predicted molar refractivity (Wildman–Crippen MR) is 602 cm³/mol. The Labute approximate surface area is 837 Å². The van der Waals surface area contributed by atoms with Crippen molar-refractivity contribution in [3.05, 3.63) is 479 Å². The lowest BCUT2D eigenvalue weighted by Crippen LogP contribution is -2.65. The zero-order chi connectivity index (χ0) is 96.5. The third-order valence-corrected chi connectivity index (χ3v) is 33.0. The lowest BCUT2D eigenvalue weighted by atomic mass is 9.30. The van der Waals surface area contributed by atoms with E-state index in [0.717, 1.165) is 95.9 Å². The third kappa shape index (κ3) is 12.2. The highest BCUT2D eigenvalue weighted by molar-refractivity contribution is 7.03. The highest BCUT2D eigenvalue weighted by Crippen LogP contribution is 2.68. The molecule has 0 fully saturated rings. The number of hydrogen-bond acceptors (Lipinski definition) is 4. The van der Waals surface area contributed by atoms with Gasteiger partial charge >= 0.3 is 0 Å². The van der Waals surface area contributed by atoms with Crippen LogP contribution < -0.4 is 52.4 Å². The fourth-order valence-corrected chi connectivity index (χ4v) is 26.4. The van der Waals surface area contributed by atoms with Crippen molar-refractivity contribution in [1.82, 2.24) is 0 Å². The molecule has 0 saturated heterocycles. The van der Waals surface area contributed by atoms with Crippen molar-refractivity contribution in [2.75, 3.05) is 19.6 Å². The molecule has 0 aromatic heterocycles. The average molecular weight is 1820 g/mol. The maximum Gasteiger partial charge on any atom is 0.252 e. The number of anilines is 12. The Bertz CT molecular complexity index is 8440. The molecule has 27 rings (SSSR count). The molecule has 682 valence electrons. The van der Waals surface area contributed by atoms with Crippen molar-refractivity contribution < 1.29 is 0 Å². The zero-order valence-electron chi connectivity index (χ0n) is 83.6. The van der Waals surface area contributed by atoms with Gasteiger partial charge in [-0.15, -0.1) is 0 Å². The largest absolute Gasteiger partial charge is 0.311 e. The summed E-state index contributed by atoms with van der Waals surface area (Å²) >= 11 is 0. The van der Waals surface area contributed by atoms with E-state index in [9.17, 15) is 0 Å². The van der Waals surface area contributed by atoms with Gasteiger partial charge in [-0.25, -0.2) is 0 Å². The van der Waals surface area contributed by atoms with E-state index in [1.165, 1.54) is 166 Å². The summed E-state index contributed by atoms with van der Waals surface area (Å²) in [6, 6.07) is 161. The van der Waals surface area contributed by atoms with Gasteiger partial charge in [-0.1, -0.05) is 419 Å². The van der Waals surface area contributed by atoms with Crippen LogP contribution in [0, 0.1) is 0 Å². The third-order valence-electron chi connectivity index (χ3n) is 33.0. The minimum atomic E-state index is -0.678. The molecule has 0 saturated carbocycles. The van der Waals surface area contributed by atoms with Crippen molar-refractivity contribution in [3.63, 3.8) is 0 Å². The van der Waals surface area contributed by atoms with Crippen LogP contribution in [0.3, 0.4) is 0 Å². The Morgan fingerprint density at radius 1 is 0.169 bits per heavy atom. The quantitative estimate of drug-likeness (QED) is 0.141. The van der Waals surface area contributed by atoms with E-state index in [1.807, 2.05) is 0 Å². The maximum atomic E-state index is 2.80. The van der Waals surface area contributed by atoms with E-state index >= 15 is 0 Å². The Kier molecular flexibility index (Phi) is 18.4. The van der Waals surface area contributed by atoms with Gasteiger partial charge in [0.05, 0.1) is 22.2 Å². The van der Waals surface area contributed by atoms with Crippen molar-refractivity contribution in [1.29, 1.82) is 0 Å². The van der Waals surface area contributed by atoms with E-state index in [0.29, 0.717) is 0 Å². The van der Waals surface area contributed by atoms with Crippen molar-refractivity contribution in [2.45, 2.75) is 142 Å². The first-order valence-corrected chi connectivity index (χ1v) is 51.1. The molecule has 19 aromatic carbocycles. The van der Waals surface area contributed by atoms with Crippen LogP contribution in [0.15, 0.2) is 406 Å². The molecule has 4 nitrogen and oxygen atoms in total. The molecule has 8 aliphatic rings. The van der Waals surface area contributed by atoms with Gasteiger partial charge in [0.15, 0.2) is 0 Å². The van der Waals surface area contributed by atoms with Gasteiger partial charge < -0.3 is 19.6 Å². The van der Waals surface area contributed by atoms with Gasteiger partial charge in [0.2, 0.25) is 0 Å². The van der Waals surface area contributed by atoms with Gasteiger partial charge in [-0.3, -0.25) is 0 Å². The van der Waals surface area contributed by atoms with Crippen LogP contribution in [0.4, 0.5) is 68.2 Å². The van der Waals surface area contributed by atoms with E-state index in [1.54, 1.807) is 0 Å². The molecule has 0 atom stereocenters. The SMILES string of the molecule is CC(C)(C)c1cc(N2c3ccccc3B3c4cc5c(cc4N(c4ccc(C(C)(C)C)cc4-c4ccccc4)c4cc(-c6cccc7c6C6(c8ccccc8-c8ccccc86)c6ccccc6-7)cc2c43)N(c2ccc(C(C)(C)C)cc2-c2ccccc2)c2cc(-c3cccc4c3C3(c6ccccc6-c6ccccc63)c3ccccc3-4)cc3c2B5c2ccc(C(C)(C)C)cc2N3c2ccccc2)cc(C(C)(C)C)c1. The first-order valence-electron chi connectivity index (χ1n) is 51.1. The monoisotopic (exact) mass is 1820 g/mol. The second-order valence-corrected chi connectivity index (χ2v) is 46.1. The smallest absolute Gasteiger partial charge is 0.252 e. The molecule has 6 heteroatoms. The highest BCUT2D eigenvalue weighted by Gasteiger charge is 2.57. The van der Waals surface area contributed by atoms with Crippen molar-refractivity contribution >= 4 is 114 Å². The summed E-state index contributed by atoms with van der Waals surface area (Å²) in [7, 11) is 0. The Balaban J connectivity index is 0.824. The number of benzene rings is 19. The molecule has 4 heterocycles. The highest BCUT2D eigenvalue weighted by atomic mass is 15.2. The Morgan fingerprint density at radius 2 is 0.472 bits per heavy atom. The molecule has 142 heavy (non-hydrogen) atoms. The van der Waals surface area contributed by atoms with Gasteiger partial charge in [0.1, 0.15) is 0 Å². The predicted octanol–water partition coefficient (Wildman–Crippen LogP) is 31.7. The molecule has 4 aliphatic carbocycles. The summed E-state index contributed by atoms with van der Waals surface area (Å²) in [6.45, 7) is 35.1. The summed E-state index contributed by atoms with van der Waals surface area (Å²) < 4.78 is 0. The average Bonchev–Trinajstić information content (AvgIpc) is 1.39. The summed E-state index contributed by atoms with van der Waals surface area (Å²) in [6.07, 6.45) is 0. The summed E-state index contributed by atoms with van der Waals surface area (Å²) in [5, 5.41) is 0. The number of rotatable bonds is 8. The standard InChI is InChI=1S/C136H112B2N4/c1-130(2,3)87-66-69-116(104(78-87)83-41-19-16-20-42-83)141-120-82-121-115(81-114(120)137-112-63-37-38-64-118(112)140(93-76-90(133(10,11)12)75-91(77-93)134(13,14)15)123-72-86(74-125(141)129(123)137)95-54-40-56-103-101-52-30-36-62-111(101)136(127(95)103)108-59-33-27-49-98(108)99-50-28-34-60-109(99)136)138-113-68-65-89(132(7,8)9)80-119(113)139(92-45-23-18-24-46-92)122-71-85(73-124(128(122)138)142(121)117-70-67-88(131(4,5)6)79-105(117)84-43-21-17-22-44-84)94-53-39-55-102-100-51-29-35-61-110(100)135(126(94)102)106-57-31-25-47-96(106)97-48-26-32-58-107(97)135/h16-82H,1-15H3. The summed E-state index contributed by atoms with van der Waals surface area (Å²) in [5.74, 6) is 0. The van der Waals surface area contributed by atoms with E-state index in [4.69, 9.17) is 0 Å². The molecule has 19 aromatic rings. The molecular formula is C136H112B2N4. The van der Waals surface area contributed by atoms with Crippen LogP contribution in [0.2, 0.25) is 0 Å². The molecule has 0 N–H and O–H groups in total. The first-order chi connectivity index (χ1) is 68.6. The zero-order valence-corrected chi connectivity index (χ0v) is 83.6. The Morgan fingerprint density at radius 3 is 0.866 bits per heavy atom. The minimum absolute atomic E-state index is 0.209. The summed E-state index contributed by atoms with van der Waals surface area (Å²) in [4.78, 5) is 11.0. The van der Waals surface area contributed by atoms with Gasteiger partial charge in [-0.2, -0.15) is 0 Å². The topological polar surface area (TPSA) is 13.0 Å². The normalized spacial score (nSPS) is 14.6. The fraction of sp³-hybridized carbons (Fsp3) is 0.162. The molecule has 0 unspecified atom stereocenters. The second kappa shape index (κ2) is 30.5. The first kappa shape index (κ1) is 85.7. The number of fused-ring (bicyclic) bond motifs is 28. The van der Waals surface area contributed by atoms with Crippen molar-refractivity contribution in [3.8, 4) is 89.0 Å². The number of para-hydroxylation sites is 2. The number of nitrogens with zero attached hydrogens (tertiary/aromatic N) is 4. The maximum absolute atomic E-state index is 2.80. The Hall–Kier alpha value is -15.5.